The summed E-state index contributed by atoms with van der Waals surface area (Å²) in [6.45, 7) is 0.992. The lowest BCUT2D eigenvalue weighted by Gasteiger charge is -2.27. The molecule has 84 valence electrons. The number of hydrogen-bond acceptors (Lipinski definition) is 3. The van der Waals surface area contributed by atoms with Crippen molar-refractivity contribution in [2.24, 2.45) is 5.73 Å². The maximum absolute atomic E-state index is 11.6. The van der Waals surface area contributed by atoms with E-state index >= 15 is 0 Å². The van der Waals surface area contributed by atoms with Gasteiger partial charge < -0.3 is 5.73 Å². The highest BCUT2D eigenvalue weighted by atomic mass is 32.2. The first-order valence-corrected chi connectivity index (χ1v) is 6.46. The summed E-state index contributed by atoms with van der Waals surface area (Å²) in [5.41, 5.74) is 5.58. The Labute approximate surface area is 85.8 Å². The highest BCUT2D eigenvalue weighted by Crippen LogP contribution is 2.18. The van der Waals surface area contributed by atoms with Crippen LogP contribution in [-0.2, 0) is 10.2 Å². The van der Waals surface area contributed by atoms with E-state index in [0.29, 0.717) is 13.1 Å². The molecule has 6 heteroatoms. The molecule has 1 heterocycles. The first kappa shape index (κ1) is 11.9. The van der Waals surface area contributed by atoms with Crippen LogP contribution in [0.5, 0.6) is 0 Å². The van der Waals surface area contributed by atoms with E-state index in [9.17, 15) is 8.42 Å². The zero-order valence-electron chi connectivity index (χ0n) is 8.57. The molecule has 5 nitrogen and oxygen atoms in total. The van der Waals surface area contributed by atoms with Gasteiger partial charge in [0, 0.05) is 26.2 Å². The molecule has 0 aromatic heterocycles. The molecule has 1 unspecified atom stereocenters. The second kappa shape index (κ2) is 5.06. The first-order chi connectivity index (χ1) is 6.61. The first-order valence-electron chi connectivity index (χ1n) is 5.02. The van der Waals surface area contributed by atoms with E-state index in [1.165, 1.54) is 11.4 Å². The SMILES string of the molecule is CNS(=O)(=O)N1CCCCCC1CN. The molecule has 0 bridgehead atoms. The van der Waals surface area contributed by atoms with Crippen molar-refractivity contribution in [2.45, 2.75) is 31.7 Å². The van der Waals surface area contributed by atoms with Crippen molar-refractivity contribution in [1.29, 1.82) is 0 Å². The van der Waals surface area contributed by atoms with Crippen LogP contribution in [-0.4, -0.2) is 38.9 Å². The number of nitrogens with one attached hydrogen (secondary N) is 1. The lowest BCUT2D eigenvalue weighted by atomic mass is 10.1. The topological polar surface area (TPSA) is 75.4 Å². The number of nitrogens with zero attached hydrogens (tertiary/aromatic N) is 1. The fourth-order valence-electron chi connectivity index (χ4n) is 1.82. The average molecular weight is 221 g/mol. The molecule has 0 aromatic carbocycles. The van der Waals surface area contributed by atoms with Crippen LogP contribution >= 0.6 is 0 Å². The molecule has 0 amide bonds. The minimum Gasteiger partial charge on any atom is -0.329 e. The van der Waals surface area contributed by atoms with E-state index in [1.54, 1.807) is 0 Å². The lowest BCUT2D eigenvalue weighted by Crippen LogP contribution is -2.48. The van der Waals surface area contributed by atoms with E-state index < -0.39 is 10.2 Å². The molecule has 0 spiro atoms. The van der Waals surface area contributed by atoms with Gasteiger partial charge >= 0.3 is 0 Å². The molecule has 3 N–H and O–H groups in total. The summed E-state index contributed by atoms with van der Waals surface area (Å²) < 4.78 is 27.1. The number of rotatable bonds is 3. The van der Waals surface area contributed by atoms with E-state index in [1.807, 2.05) is 0 Å². The molecular weight excluding hydrogens is 202 g/mol. The van der Waals surface area contributed by atoms with Gasteiger partial charge in [0.15, 0.2) is 0 Å². The van der Waals surface area contributed by atoms with Gasteiger partial charge in [-0.2, -0.15) is 12.7 Å². The second-order valence-electron chi connectivity index (χ2n) is 3.56. The molecule has 1 rings (SSSR count). The van der Waals surface area contributed by atoms with Gasteiger partial charge in [-0.1, -0.05) is 12.8 Å². The third-order valence-electron chi connectivity index (χ3n) is 2.66. The summed E-state index contributed by atoms with van der Waals surface area (Å²) >= 11 is 0. The molecule has 1 fully saturated rings. The molecule has 14 heavy (non-hydrogen) atoms. The zero-order valence-corrected chi connectivity index (χ0v) is 9.39. The van der Waals surface area contributed by atoms with Crippen LogP contribution in [0.15, 0.2) is 0 Å². The Balaban J connectivity index is 2.80. The van der Waals surface area contributed by atoms with Crippen LogP contribution in [0.4, 0.5) is 0 Å². The molecular formula is C8H19N3O2S. The van der Waals surface area contributed by atoms with Crippen molar-refractivity contribution in [1.82, 2.24) is 9.03 Å². The van der Waals surface area contributed by atoms with Gasteiger partial charge in [0.05, 0.1) is 0 Å². The molecule has 1 aliphatic rings. The minimum atomic E-state index is -3.30. The van der Waals surface area contributed by atoms with Gasteiger partial charge in [0.25, 0.3) is 10.2 Å². The molecule has 0 radical (unpaired) electrons. The lowest BCUT2D eigenvalue weighted by molar-refractivity contribution is 0.324. The second-order valence-corrected chi connectivity index (χ2v) is 5.39. The van der Waals surface area contributed by atoms with Gasteiger partial charge in [0.2, 0.25) is 0 Å². The highest BCUT2D eigenvalue weighted by Gasteiger charge is 2.28. The van der Waals surface area contributed by atoms with Crippen molar-refractivity contribution in [3.05, 3.63) is 0 Å². The van der Waals surface area contributed by atoms with Crippen molar-refractivity contribution in [2.75, 3.05) is 20.1 Å². The van der Waals surface area contributed by atoms with Crippen LogP contribution in [0.2, 0.25) is 0 Å². The monoisotopic (exact) mass is 221 g/mol. The Morgan fingerprint density at radius 2 is 2.14 bits per heavy atom. The maximum Gasteiger partial charge on any atom is 0.279 e. The summed E-state index contributed by atoms with van der Waals surface area (Å²) in [5, 5.41) is 0. The standard InChI is InChI=1S/C8H19N3O2S/c1-10-14(12,13)11-6-4-2-3-5-8(11)7-9/h8,10H,2-7,9H2,1H3. The fraction of sp³-hybridized carbons (Fsp3) is 1.00. The van der Waals surface area contributed by atoms with E-state index in [2.05, 4.69) is 4.72 Å². The summed E-state index contributed by atoms with van der Waals surface area (Å²) in [6, 6.07) is -0.0325. The van der Waals surface area contributed by atoms with Gasteiger partial charge in [-0.05, 0) is 12.8 Å². The highest BCUT2D eigenvalue weighted by molar-refractivity contribution is 7.87. The predicted octanol–water partition coefficient (Wildman–Crippen LogP) is -0.346. The Morgan fingerprint density at radius 1 is 1.43 bits per heavy atom. The summed E-state index contributed by atoms with van der Waals surface area (Å²) in [4.78, 5) is 0. The zero-order chi connectivity index (χ0) is 10.6. The van der Waals surface area contributed by atoms with Crippen LogP contribution in [0.25, 0.3) is 0 Å². The van der Waals surface area contributed by atoms with Crippen LogP contribution in [0.3, 0.4) is 0 Å². The normalized spacial score (nSPS) is 26.0. The predicted molar refractivity (Wildman–Crippen MR) is 56.0 cm³/mol. The van der Waals surface area contributed by atoms with E-state index in [4.69, 9.17) is 5.73 Å². The minimum absolute atomic E-state index is 0.0325. The Kier molecular flexibility index (Phi) is 4.31. The number of hydrogen-bond donors (Lipinski definition) is 2. The maximum atomic E-state index is 11.6. The van der Waals surface area contributed by atoms with E-state index in [-0.39, 0.29) is 6.04 Å². The van der Waals surface area contributed by atoms with Gasteiger partial charge in [-0.3, -0.25) is 0 Å². The van der Waals surface area contributed by atoms with E-state index in [0.717, 1.165) is 25.7 Å². The van der Waals surface area contributed by atoms with Gasteiger partial charge in [-0.15, -0.1) is 0 Å². The fourth-order valence-corrected chi connectivity index (χ4v) is 3.01. The van der Waals surface area contributed by atoms with Crippen LogP contribution < -0.4 is 10.5 Å². The summed E-state index contributed by atoms with van der Waals surface area (Å²) in [7, 11) is -1.86. The third kappa shape index (κ3) is 2.66. The molecule has 0 aliphatic carbocycles. The Morgan fingerprint density at radius 3 is 2.71 bits per heavy atom. The van der Waals surface area contributed by atoms with Crippen molar-refractivity contribution in [3.8, 4) is 0 Å². The smallest absolute Gasteiger partial charge is 0.279 e. The molecule has 1 saturated heterocycles. The van der Waals surface area contributed by atoms with Crippen molar-refractivity contribution >= 4 is 10.2 Å². The Hall–Kier alpha value is -0.170. The quantitative estimate of drug-likeness (QED) is 0.684. The molecule has 1 atom stereocenters. The molecule has 0 aromatic rings. The Bertz CT molecular complexity index is 266. The van der Waals surface area contributed by atoms with Crippen LogP contribution in [0.1, 0.15) is 25.7 Å². The van der Waals surface area contributed by atoms with Crippen LogP contribution in [0, 0.1) is 0 Å². The molecule has 1 aliphatic heterocycles. The summed E-state index contributed by atoms with van der Waals surface area (Å²) in [6.07, 6.45) is 3.96. The molecule has 0 saturated carbocycles. The number of nitrogens with two attached hydrogens (primary N) is 1. The largest absolute Gasteiger partial charge is 0.329 e. The average Bonchev–Trinajstić information content (AvgIpc) is 2.42. The van der Waals surface area contributed by atoms with Crippen molar-refractivity contribution in [3.63, 3.8) is 0 Å². The third-order valence-corrected chi connectivity index (χ3v) is 4.28. The van der Waals surface area contributed by atoms with Gasteiger partial charge in [0.1, 0.15) is 0 Å². The summed E-state index contributed by atoms with van der Waals surface area (Å²) in [5.74, 6) is 0. The van der Waals surface area contributed by atoms with Gasteiger partial charge in [-0.25, -0.2) is 4.72 Å². The van der Waals surface area contributed by atoms with Crippen molar-refractivity contribution < 1.29 is 8.42 Å².